The van der Waals surface area contributed by atoms with Crippen LogP contribution in [0.1, 0.15) is 12.8 Å². The van der Waals surface area contributed by atoms with Gasteiger partial charge in [0.25, 0.3) is 0 Å². The summed E-state index contributed by atoms with van der Waals surface area (Å²) in [6.07, 6.45) is -1.53. The molecule has 0 aromatic carbocycles. The lowest BCUT2D eigenvalue weighted by molar-refractivity contribution is -0.137. The van der Waals surface area contributed by atoms with Crippen LogP contribution in [0.5, 0.6) is 0 Å². The highest BCUT2D eigenvalue weighted by molar-refractivity contribution is 6.76. The molecule has 0 saturated carbocycles. The molecule has 4 nitrogen and oxygen atoms in total. The van der Waals surface area contributed by atoms with Gasteiger partial charge in [0.15, 0.2) is 0 Å². The molecule has 0 aromatic heterocycles. The number of carbonyl (C=O) groups excluding carboxylic acids is 4. The number of hydrogen-bond donors (Lipinski definition) is 0. The average Bonchev–Trinajstić information content (AvgIpc) is 1.99. The van der Waals surface area contributed by atoms with Crippen LogP contribution in [0.15, 0.2) is 0 Å². The summed E-state index contributed by atoms with van der Waals surface area (Å²) in [5.74, 6) is 0. The van der Waals surface area contributed by atoms with Gasteiger partial charge < -0.3 is 0 Å². The second-order valence-corrected chi connectivity index (χ2v) is 4.22. The van der Waals surface area contributed by atoms with Gasteiger partial charge in [0, 0.05) is 12.8 Å². The van der Waals surface area contributed by atoms with E-state index in [2.05, 4.69) is 0 Å². The Morgan fingerprint density at radius 3 is 1.13 bits per heavy atom. The number of rotatable bonds is 6. The molecular weight excluding hydrogens is 290 g/mol. The predicted octanol–water partition coefficient (Wildman–Crippen LogP) is 1.81. The van der Waals surface area contributed by atoms with E-state index in [4.69, 9.17) is 46.4 Å². The van der Waals surface area contributed by atoms with E-state index in [1.807, 2.05) is 0 Å². The quantitative estimate of drug-likeness (QED) is 0.553. The van der Waals surface area contributed by atoms with Crippen molar-refractivity contribution in [3.63, 3.8) is 0 Å². The van der Waals surface area contributed by atoms with E-state index in [-0.39, 0.29) is 0 Å². The molecule has 0 spiro atoms. The van der Waals surface area contributed by atoms with E-state index in [0.29, 0.717) is 0 Å². The third-order valence-corrected chi connectivity index (χ3v) is 2.62. The molecule has 0 N–H and O–H groups in total. The number of hydrogen-bond acceptors (Lipinski definition) is 4. The van der Waals surface area contributed by atoms with Crippen LogP contribution in [-0.4, -0.2) is 21.0 Å². The highest BCUT2D eigenvalue weighted by atomic mass is 35.5. The lowest BCUT2D eigenvalue weighted by Crippen LogP contribution is -2.37. The SMILES string of the molecule is O=C(Cl)CC(CC(=O)Cl)(C(=O)Cl)C(=O)Cl. The van der Waals surface area contributed by atoms with Gasteiger partial charge in [-0.15, -0.1) is 0 Å². The zero-order chi connectivity index (χ0) is 12.2. The molecule has 84 valence electrons. The highest BCUT2D eigenvalue weighted by Crippen LogP contribution is 2.34. The molecule has 0 aliphatic heterocycles. The monoisotopic (exact) mass is 292 g/mol. The first kappa shape index (κ1) is 14.8. The first-order chi connectivity index (χ1) is 6.72. The fourth-order valence-electron chi connectivity index (χ4n) is 0.892. The van der Waals surface area contributed by atoms with Gasteiger partial charge >= 0.3 is 0 Å². The van der Waals surface area contributed by atoms with E-state index in [1.54, 1.807) is 0 Å². The Morgan fingerprint density at radius 2 is 1.00 bits per heavy atom. The van der Waals surface area contributed by atoms with Crippen molar-refractivity contribution in [3.05, 3.63) is 0 Å². The van der Waals surface area contributed by atoms with Gasteiger partial charge in [0.05, 0.1) is 0 Å². The van der Waals surface area contributed by atoms with Crippen LogP contribution in [0, 0.1) is 5.41 Å². The zero-order valence-corrected chi connectivity index (χ0v) is 10.1. The van der Waals surface area contributed by atoms with Crippen LogP contribution in [0.4, 0.5) is 0 Å². The molecule has 15 heavy (non-hydrogen) atoms. The van der Waals surface area contributed by atoms with Gasteiger partial charge in [0.1, 0.15) is 5.41 Å². The molecule has 0 bridgehead atoms. The van der Waals surface area contributed by atoms with Gasteiger partial charge in [-0.25, -0.2) is 0 Å². The van der Waals surface area contributed by atoms with Crippen LogP contribution >= 0.6 is 46.4 Å². The van der Waals surface area contributed by atoms with E-state index >= 15 is 0 Å². The fraction of sp³-hybridized carbons (Fsp3) is 0.429. The standard InChI is InChI=1S/C7H4Cl4O4/c8-3(12)1-7(5(10)14,6(11)15)2-4(9)13/h1-2H2. The van der Waals surface area contributed by atoms with Crippen molar-refractivity contribution in [1.29, 1.82) is 0 Å². The molecular formula is C7H4Cl4O4. The molecule has 0 heterocycles. The van der Waals surface area contributed by atoms with Crippen LogP contribution in [0.3, 0.4) is 0 Å². The smallest absolute Gasteiger partial charge is 0.237 e. The van der Waals surface area contributed by atoms with E-state index in [0.717, 1.165) is 0 Å². The molecule has 0 aromatic rings. The Kier molecular flexibility index (Phi) is 5.73. The minimum absolute atomic E-state index is 0.766. The molecule has 0 radical (unpaired) electrons. The molecule has 0 amide bonds. The minimum Gasteiger partial charge on any atom is -0.281 e. The Labute approximate surface area is 105 Å². The highest BCUT2D eigenvalue weighted by Gasteiger charge is 2.47. The second kappa shape index (κ2) is 5.80. The fourth-order valence-corrected chi connectivity index (χ4v) is 1.84. The zero-order valence-electron chi connectivity index (χ0n) is 7.06. The van der Waals surface area contributed by atoms with Crippen LogP contribution in [-0.2, 0) is 19.2 Å². The van der Waals surface area contributed by atoms with Crippen molar-refractivity contribution in [3.8, 4) is 0 Å². The summed E-state index contributed by atoms with van der Waals surface area (Å²) in [4.78, 5) is 43.3. The Bertz CT molecular complexity index is 293. The number of carbonyl (C=O) groups is 4. The lowest BCUT2D eigenvalue weighted by Gasteiger charge is -2.21. The van der Waals surface area contributed by atoms with Gasteiger partial charge in [-0.2, -0.15) is 0 Å². The number of halogens is 4. The summed E-state index contributed by atoms with van der Waals surface area (Å²) >= 11 is 20.3. The van der Waals surface area contributed by atoms with Crippen molar-refractivity contribution in [2.45, 2.75) is 12.8 Å². The summed E-state index contributed by atoms with van der Waals surface area (Å²) < 4.78 is 0. The molecule has 0 fully saturated rings. The summed E-state index contributed by atoms with van der Waals surface area (Å²) in [7, 11) is 0. The normalized spacial score (nSPS) is 10.9. The largest absolute Gasteiger partial charge is 0.281 e. The van der Waals surface area contributed by atoms with Crippen molar-refractivity contribution in [2.75, 3.05) is 0 Å². The maximum absolute atomic E-state index is 11.0. The Morgan fingerprint density at radius 1 is 0.733 bits per heavy atom. The van der Waals surface area contributed by atoms with E-state index < -0.39 is 39.2 Å². The van der Waals surface area contributed by atoms with Crippen LogP contribution < -0.4 is 0 Å². The molecule has 0 atom stereocenters. The summed E-state index contributed by atoms with van der Waals surface area (Å²) in [6.45, 7) is 0. The maximum Gasteiger partial charge on any atom is 0.237 e. The summed E-state index contributed by atoms with van der Waals surface area (Å²) in [5, 5.41) is -4.53. The molecule has 0 saturated heterocycles. The third kappa shape index (κ3) is 4.07. The van der Waals surface area contributed by atoms with Crippen LogP contribution in [0.2, 0.25) is 0 Å². The third-order valence-electron chi connectivity index (χ3n) is 1.63. The van der Waals surface area contributed by atoms with Gasteiger partial charge in [-0.3, -0.25) is 19.2 Å². The van der Waals surface area contributed by atoms with Crippen molar-refractivity contribution < 1.29 is 19.2 Å². The predicted molar refractivity (Wildman–Crippen MR) is 55.1 cm³/mol. The molecule has 0 unspecified atom stereocenters. The van der Waals surface area contributed by atoms with Crippen molar-refractivity contribution in [1.82, 2.24) is 0 Å². The molecule has 0 aliphatic rings. The van der Waals surface area contributed by atoms with Gasteiger partial charge in [-0.05, 0) is 46.4 Å². The lowest BCUT2D eigenvalue weighted by atomic mass is 9.84. The van der Waals surface area contributed by atoms with E-state index in [1.165, 1.54) is 0 Å². The average molecular weight is 294 g/mol. The summed E-state index contributed by atoms with van der Waals surface area (Å²) in [5.41, 5.74) is -2.17. The van der Waals surface area contributed by atoms with Crippen molar-refractivity contribution in [2.24, 2.45) is 5.41 Å². The first-order valence-corrected chi connectivity index (χ1v) is 5.00. The minimum atomic E-state index is -2.17. The maximum atomic E-state index is 11.0. The first-order valence-electron chi connectivity index (χ1n) is 3.49. The van der Waals surface area contributed by atoms with Gasteiger partial charge in [-0.1, -0.05) is 0 Å². The Hall–Kier alpha value is -0.160. The van der Waals surface area contributed by atoms with Crippen LogP contribution in [0.25, 0.3) is 0 Å². The molecule has 0 rings (SSSR count). The Balaban J connectivity index is 5.26. The summed E-state index contributed by atoms with van der Waals surface area (Å²) in [6, 6.07) is 0. The van der Waals surface area contributed by atoms with E-state index in [9.17, 15) is 19.2 Å². The molecule has 8 heteroatoms. The second-order valence-electron chi connectivity index (χ2n) is 2.69. The topological polar surface area (TPSA) is 68.3 Å². The molecule has 0 aliphatic carbocycles. The van der Waals surface area contributed by atoms with Gasteiger partial charge in [0.2, 0.25) is 21.0 Å². The van der Waals surface area contributed by atoms with Crippen molar-refractivity contribution >= 4 is 67.4 Å².